The molecule has 0 spiro atoms. The first-order valence-electron chi connectivity index (χ1n) is 8.08. The van der Waals surface area contributed by atoms with Gasteiger partial charge in [-0.15, -0.1) is 0 Å². The smallest absolute Gasteiger partial charge is 0.250 e. The van der Waals surface area contributed by atoms with Gasteiger partial charge in [0.05, 0.1) is 6.61 Å². The Morgan fingerprint density at radius 3 is 2.48 bits per heavy atom. The number of aliphatic hydroxyl groups excluding tert-OH is 1. The minimum atomic E-state index is -0.290. The molecule has 0 atom stereocenters. The van der Waals surface area contributed by atoms with Gasteiger partial charge in [-0.2, -0.15) is 0 Å². The molecule has 0 fully saturated rings. The minimum absolute atomic E-state index is 0.0396. The summed E-state index contributed by atoms with van der Waals surface area (Å²) in [5.41, 5.74) is 3.18. The maximum atomic E-state index is 12.1. The predicted molar refractivity (Wildman–Crippen MR) is 105 cm³/mol. The lowest BCUT2D eigenvalue weighted by atomic mass is 10.1. The van der Waals surface area contributed by atoms with Crippen molar-refractivity contribution in [3.63, 3.8) is 0 Å². The highest BCUT2D eigenvalue weighted by atomic mass is 32.1. The monoisotopic (exact) mass is 354 g/mol. The molecule has 2 rings (SSSR count). The number of benzene rings is 2. The summed E-state index contributed by atoms with van der Waals surface area (Å²) >= 11 is 5.31. The zero-order valence-electron chi connectivity index (χ0n) is 14.2. The molecule has 1 amide bonds. The van der Waals surface area contributed by atoms with Crippen LogP contribution in [0.1, 0.15) is 16.7 Å². The van der Waals surface area contributed by atoms with Crippen molar-refractivity contribution in [1.29, 1.82) is 0 Å². The van der Waals surface area contributed by atoms with E-state index < -0.39 is 0 Å². The summed E-state index contributed by atoms with van der Waals surface area (Å²) in [6.45, 7) is 2.86. The minimum Gasteiger partial charge on any atom is -0.395 e. The number of nitrogens with zero attached hydrogens (tertiary/aromatic N) is 1. The van der Waals surface area contributed by atoms with Gasteiger partial charge in [0, 0.05) is 19.2 Å². The summed E-state index contributed by atoms with van der Waals surface area (Å²) in [5.74, 6) is -0.290. The van der Waals surface area contributed by atoms with Gasteiger partial charge in [0.1, 0.15) is 0 Å². The van der Waals surface area contributed by atoms with E-state index in [9.17, 15) is 9.90 Å². The highest BCUT2D eigenvalue weighted by Gasteiger charge is 2.11. The summed E-state index contributed by atoms with van der Waals surface area (Å²) in [5, 5.41) is 12.2. The third-order valence-corrected chi connectivity index (χ3v) is 3.97. The van der Waals surface area contributed by atoms with Gasteiger partial charge in [0.2, 0.25) is 5.91 Å². The predicted octanol–water partition coefficient (Wildman–Crippen LogP) is 2.90. The van der Waals surface area contributed by atoms with E-state index in [0.717, 1.165) is 11.1 Å². The number of amides is 1. The van der Waals surface area contributed by atoms with Crippen LogP contribution in [-0.2, 0) is 11.3 Å². The Morgan fingerprint density at radius 1 is 1.16 bits per heavy atom. The van der Waals surface area contributed by atoms with Crippen LogP contribution < -0.4 is 5.32 Å². The Balaban J connectivity index is 1.94. The molecule has 0 aliphatic carbocycles. The summed E-state index contributed by atoms with van der Waals surface area (Å²) < 4.78 is 0. The lowest BCUT2D eigenvalue weighted by molar-refractivity contribution is -0.115. The molecule has 0 aliphatic rings. The zero-order chi connectivity index (χ0) is 18.1. The van der Waals surface area contributed by atoms with Crippen LogP contribution in [0.4, 0.5) is 0 Å². The van der Waals surface area contributed by atoms with E-state index in [4.69, 9.17) is 12.2 Å². The van der Waals surface area contributed by atoms with Gasteiger partial charge in [-0.25, -0.2) is 0 Å². The number of rotatable bonds is 6. The van der Waals surface area contributed by atoms with E-state index in [1.54, 1.807) is 11.0 Å². The van der Waals surface area contributed by atoms with Gasteiger partial charge in [-0.05, 0) is 36.3 Å². The molecule has 2 aromatic rings. The maximum absolute atomic E-state index is 12.1. The number of hydrogen-bond acceptors (Lipinski definition) is 3. The van der Waals surface area contributed by atoms with Crippen LogP contribution in [0.5, 0.6) is 0 Å². The molecule has 0 bridgehead atoms. The average Bonchev–Trinajstić information content (AvgIpc) is 2.62. The summed E-state index contributed by atoms with van der Waals surface area (Å²) in [4.78, 5) is 13.8. The fourth-order valence-electron chi connectivity index (χ4n) is 2.25. The number of aliphatic hydroxyl groups is 1. The van der Waals surface area contributed by atoms with Crippen molar-refractivity contribution in [1.82, 2.24) is 10.2 Å². The van der Waals surface area contributed by atoms with Crippen molar-refractivity contribution < 1.29 is 9.90 Å². The van der Waals surface area contributed by atoms with Crippen molar-refractivity contribution >= 4 is 29.3 Å². The van der Waals surface area contributed by atoms with Crippen LogP contribution in [0.2, 0.25) is 0 Å². The second-order valence-corrected chi connectivity index (χ2v) is 6.06. The molecular formula is C20H22N2O2S. The van der Waals surface area contributed by atoms with Gasteiger partial charge in [0.15, 0.2) is 5.11 Å². The first-order valence-corrected chi connectivity index (χ1v) is 8.49. The number of nitrogens with one attached hydrogen (secondary N) is 1. The molecule has 0 heterocycles. The molecule has 4 nitrogen and oxygen atoms in total. The Bertz CT molecular complexity index is 727. The molecule has 2 aromatic carbocycles. The van der Waals surface area contributed by atoms with E-state index in [2.05, 4.69) is 5.32 Å². The Morgan fingerprint density at radius 2 is 1.84 bits per heavy atom. The zero-order valence-corrected chi connectivity index (χ0v) is 15.0. The van der Waals surface area contributed by atoms with Crippen LogP contribution in [0, 0.1) is 6.92 Å². The molecule has 5 heteroatoms. The second-order valence-electron chi connectivity index (χ2n) is 5.67. The fourth-order valence-corrected chi connectivity index (χ4v) is 2.51. The summed E-state index contributed by atoms with van der Waals surface area (Å²) in [6, 6.07) is 17.7. The SMILES string of the molecule is Cc1ccc(/C=C/C(=O)NC(=S)N(CCO)Cc2ccccc2)cc1. The van der Waals surface area contributed by atoms with Gasteiger partial charge in [-0.3, -0.25) is 10.1 Å². The van der Waals surface area contributed by atoms with E-state index >= 15 is 0 Å². The molecule has 0 saturated heterocycles. The van der Waals surface area contributed by atoms with Crippen LogP contribution in [0.3, 0.4) is 0 Å². The fraction of sp³-hybridized carbons (Fsp3) is 0.200. The third-order valence-electron chi connectivity index (χ3n) is 3.61. The van der Waals surface area contributed by atoms with Gasteiger partial charge >= 0.3 is 0 Å². The summed E-state index contributed by atoms with van der Waals surface area (Å²) in [6.07, 6.45) is 3.20. The Kier molecular flexibility index (Phi) is 7.32. The largest absolute Gasteiger partial charge is 0.395 e. The lowest BCUT2D eigenvalue weighted by Gasteiger charge is -2.24. The number of thiocarbonyl (C=S) groups is 1. The topological polar surface area (TPSA) is 52.6 Å². The molecule has 0 unspecified atom stereocenters. The third kappa shape index (κ3) is 6.49. The molecule has 130 valence electrons. The van der Waals surface area contributed by atoms with Crippen molar-refractivity contribution in [3.8, 4) is 0 Å². The van der Waals surface area contributed by atoms with Gasteiger partial charge in [-0.1, -0.05) is 60.2 Å². The standard InChI is InChI=1S/C20H22N2O2S/c1-16-7-9-17(10-8-16)11-12-19(24)21-20(25)22(13-14-23)15-18-5-3-2-4-6-18/h2-12,23H,13-15H2,1H3,(H,21,24,25)/b12-11+. The van der Waals surface area contributed by atoms with E-state index in [-0.39, 0.29) is 12.5 Å². The Labute approximate surface area is 153 Å². The Hall–Kier alpha value is -2.50. The van der Waals surface area contributed by atoms with Crippen LogP contribution >= 0.6 is 12.2 Å². The number of carbonyl (C=O) groups is 1. The molecule has 0 aromatic heterocycles. The van der Waals surface area contributed by atoms with Crippen LogP contribution in [0.25, 0.3) is 6.08 Å². The summed E-state index contributed by atoms with van der Waals surface area (Å²) in [7, 11) is 0. The van der Waals surface area contributed by atoms with Gasteiger partial charge in [0.25, 0.3) is 0 Å². The number of carbonyl (C=O) groups excluding carboxylic acids is 1. The van der Waals surface area contributed by atoms with Crippen LogP contribution in [-0.4, -0.2) is 34.2 Å². The highest BCUT2D eigenvalue weighted by molar-refractivity contribution is 7.80. The van der Waals surface area contributed by atoms with Crippen molar-refractivity contribution in [3.05, 3.63) is 77.4 Å². The van der Waals surface area contributed by atoms with Crippen molar-refractivity contribution in [2.24, 2.45) is 0 Å². The molecular weight excluding hydrogens is 332 g/mol. The molecule has 2 N–H and O–H groups in total. The van der Waals surface area contributed by atoms with Crippen molar-refractivity contribution in [2.45, 2.75) is 13.5 Å². The molecule has 25 heavy (non-hydrogen) atoms. The first kappa shape index (κ1) is 18.8. The quantitative estimate of drug-likeness (QED) is 0.619. The highest BCUT2D eigenvalue weighted by Crippen LogP contribution is 2.06. The lowest BCUT2D eigenvalue weighted by Crippen LogP contribution is -2.43. The molecule has 0 radical (unpaired) electrons. The molecule has 0 aliphatic heterocycles. The van der Waals surface area contributed by atoms with E-state index in [1.165, 1.54) is 11.6 Å². The van der Waals surface area contributed by atoms with E-state index in [1.807, 2.05) is 61.5 Å². The second kappa shape index (κ2) is 9.71. The van der Waals surface area contributed by atoms with E-state index in [0.29, 0.717) is 18.2 Å². The number of aryl methyl sites for hydroxylation is 1. The maximum Gasteiger partial charge on any atom is 0.250 e. The van der Waals surface area contributed by atoms with Crippen LogP contribution in [0.15, 0.2) is 60.7 Å². The van der Waals surface area contributed by atoms with Crippen molar-refractivity contribution in [2.75, 3.05) is 13.2 Å². The molecule has 0 saturated carbocycles. The normalized spacial score (nSPS) is 10.6. The van der Waals surface area contributed by atoms with Gasteiger partial charge < -0.3 is 10.0 Å². The first-order chi connectivity index (χ1) is 12.1. The number of hydrogen-bond donors (Lipinski definition) is 2. The average molecular weight is 354 g/mol.